The van der Waals surface area contributed by atoms with Gasteiger partial charge in [0.05, 0.1) is 6.61 Å². The molecule has 0 aliphatic carbocycles. The molecule has 1 unspecified atom stereocenters. The molecule has 1 fully saturated rings. The molecular weight excluding hydrogens is 290 g/mol. The highest BCUT2D eigenvalue weighted by Crippen LogP contribution is 2.16. The molecule has 0 spiro atoms. The van der Waals surface area contributed by atoms with Crippen molar-refractivity contribution in [1.82, 2.24) is 10.2 Å². The van der Waals surface area contributed by atoms with Crippen LogP contribution in [0.2, 0.25) is 0 Å². The van der Waals surface area contributed by atoms with Gasteiger partial charge >= 0.3 is 0 Å². The smallest absolute Gasteiger partial charge is 0.193 e. The fourth-order valence-corrected chi connectivity index (χ4v) is 2.88. The topological polar surface area (TPSA) is 46.1 Å². The van der Waals surface area contributed by atoms with Crippen LogP contribution in [0.3, 0.4) is 0 Å². The molecule has 1 aromatic carbocycles. The van der Waals surface area contributed by atoms with E-state index in [0.29, 0.717) is 13.2 Å². The Morgan fingerprint density at radius 2 is 2.26 bits per heavy atom. The van der Waals surface area contributed by atoms with E-state index in [1.54, 1.807) is 7.11 Å². The van der Waals surface area contributed by atoms with Crippen LogP contribution in [0.1, 0.15) is 25.3 Å². The van der Waals surface area contributed by atoms with E-state index < -0.39 is 0 Å². The third-order valence-corrected chi connectivity index (χ3v) is 4.07. The van der Waals surface area contributed by atoms with Gasteiger partial charge in [0.15, 0.2) is 5.96 Å². The maximum atomic E-state index is 5.66. The average Bonchev–Trinajstić information content (AvgIpc) is 2.56. The van der Waals surface area contributed by atoms with Gasteiger partial charge in [-0.2, -0.15) is 0 Å². The number of ether oxygens (including phenoxy) is 2. The molecule has 1 aliphatic heterocycles. The van der Waals surface area contributed by atoms with Gasteiger partial charge in [-0.1, -0.05) is 19.1 Å². The van der Waals surface area contributed by atoms with E-state index in [2.05, 4.69) is 34.3 Å². The van der Waals surface area contributed by atoms with E-state index in [-0.39, 0.29) is 0 Å². The number of methoxy groups -OCH3 is 1. The monoisotopic (exact) mass is 319 g/mol. The van der Waals surface area contributed by atoms with Crippen LogP contribution < -0.4 is 10.1 Å². The van der Waals surface area contributed by atoms with E-state index in [0.717, 1.165) is 37.3 Å². The minimum Gasteiger partial charge on any atom is -0.491 e. The largest absolute Gasteiger partial charge is 0.491 e. The molecule has 128 valence electrons. The van der Waals surface area contributed by atoms with Crippen LogP contribution in [0.4, 0.5) is 0 Å². The number of benzene rings is 1. The Balaban J connectivity index is 1.87. The molecule has 23 heavy (non-hydrogen) atoms. The lowest BCUT2D eigenvalue weighted by atomic mass is 10.0. The van der Waals surface area contributed by atoms with Gasteiger partial charge < -0.3 is 19.7 Å². The molecule has 0 saturated carbocycles. The zero-order chi connectivity index (χ0) is 16.5. The number of hydrogen-bond donors (Lipinski definition) is 1. The second-order valence-corrected chi connectivity index (χ2v) is 6.08. The quantitative estimate of drug-likeness (QED) is 0.497. The molecule has 2 rings (SSSR count). The molecule has 0 aromatic heterocycles. The van der Waals surface area contributed by atoms with Crippen LogP contribution >= 0.6 is 0 Å². The van der Waals surface area contributed by atoms with Gasteiger partial charge in [-0.15, -0.1) is 0 Å². The van der Waals surface area contributed by atoms with E-state index >= 15 is 0 Å². The molecular formula is C18H29N3O2. The van der Waals surface area contributed by atoms with Gasteiger partial charge in [0, 0.05) is 33.8 Å². The fraction of sp³-hybridized carbons (Fsp3) is 0.611. The van der Waals surface area contributed by atoms with Gasteiger partial charge in [-0.25, -0.2) is 0 Å². The maximum absolute atomic E-state index is 5.66. The Kier molecular flexibility index (Phi) is 7.20. The molecule has 5 heteroatoms. The Labute approximate surface area is 139 Å². The summed E-state index contributed by atoms with van der Waals surface area (Å²) in [5.41, 5.74) is 1.19. The predicted octanol–water partition coefficient (Wildman–Crippen LogP) is 2.52. The Bertz CT molecular complexity index is 505. The van der Waals surface area contributed by atoms with Crippen molar-refractivity contribution in [3.05, 3.63) is 29.8 Å². The Morgan fingerprint density at radius 3 is 3.00 bits per heavy atom. The summed E-state index contributed by atoms with van der Waals surface area (Å²) in [6, 6.07) is 8.15. The van der Waals surface area contributed by atoms with Crippen molar-refractivity contribution >= 4 is 5.96 Å². The van der Waals surface area contributed by atoms with Crippen molar-refractivity contribution in [1.29, 1.82) is 0 Å². The lowest BCUT2D eigenvalue weighted by molar-refractivity contribution is 0.146. The fourth-order valence-electron chi connectivity index (χ4n) is 2.88. The summed E-state index contributed by atoms with van der Waals surface area (Å²) in [5, 5.41) is 3.47. The van der Waals surface area contributed by atoms with Crippen LogP contribution in [-0.2, 0) is 11.3 Å². The molecule has 1 N–H and O–H groups in total. The van der Waals surface area contributed by atoms with Crippen LogP contribution in [0.25, 0.3) is 0 Å². The molecule has 0 bridgehead atoms. The zero-order valence-corrected chi connectivity index (χ0v) is 14.5. The highest BCUT2D eigenvalue weighted by molar-refractivity contribution is 5.80. The van der Waals surface area contributed by atoms with Crippen molar-refractivity contribution in [2.75, 3.05) is 40.5 Å². The van der Waals surface area contributed by atoms with Gasteiger partial charge in [-0.05, 0) is 36.5 Å². The second-order valence-electron chi connectivity index (χ2n) is 6.08. The van der Waals surface area contributed by atoms with Gasteiger partial charge in [0.25, 0.3) is 0 Å². The number of piperidine rings is 1. The SMILES string of the molecule is CN=C(NCc1cccc(OCCOC)c1)N1CCCC(C)C1. The van der Waals surface area contributed by atoms with E-state index in [4.69, 9.17) is 9.47 Å². The first-order chi connectivity index (χ1) is 11.2. The highest BCUT2D eigenvalue weighted by Gasteiger charge is 2.18. The highest BCUT2D eigenvalue weighted by atomic mass is 16.5. The second kappa shape index (κ2) is 9.40. The maximum Gasteiger partial charge on any atom is 0.193 e. The summed E-state index contributed by atoms with van der Waals surface area (Å²) in [6.07, 6.45) is 2.55. The summed E-state index contributed by atoms with van der Waals surface area (Å²) in [6.45, 7) is 6.40. The van der Waals surface area contributed by atoms with E-state index in [9.17, 15) is 0 Å². The van der Waals surface area contributed by atoms with Crippen molar-refractivity contribution in [3.8, 4) is 5.75 Å². The number of aliphatic imine (C=N–C) groups is 1. The first-order valence-electron chi connectivity index (χ1n) is 8.39. The third-order valence-electron chi connectivity index (χ3n) is 4.07. The lowest BCUT2D eigenvalue weighted by Gasteiger charge is -2.33. The Morgan fingerprint density at radius 1 is 1.39 bits per heavy atom. The summed E-state index contributed by atoms with van der Waals surface area (Å²) in [5.74, 6) is 2.60. The van der Waals surface area contributed by atoms with Crippen LogP contribution in [0.15, 0.2) is 29.3 Å². The van der Waals surface area contributed by atoms with Crippen LogP contribution in [0, 0.1) is 5.92 Å². The van der Waals surface area contributed by atoms with Crippen molar-refractivity contribution in [2.24, 2.45) is 10.9 Å². The number of hydrogen-bond acceptors (Lipinski definition) is 3. The van der Waals surface area contributed by atoms with E-state index in [1.165, 1.54) is 18.4 Å². The molecule has 1 heterocycles. The molecule has 1 aromatic rings. The molecule has 5 nitrogen and oxygen atoms in total. The van der Waals surface area contributed by atoms with Gasteiger partial charge in [-0.3, -0.25) is 4.99 Å². The van der Waals surface area contributed by atoms with Gasteiger partial charge in [0.1, 0.15) is 12.4 Å². The number of guanidine groups is 1. The van der Waals surface area contributed by atoms with Crippen LogP contribution in [-0.4, -0.2) is 51.3 Å². The van der Waals surface area contributed by atoms with Crippen molar-refractivity contribution < 1.29 is 9.47 Å². The van der Waals surface area contributed by atoms with Gasteiger partial charge in [0.2, 0.25) is 0 Å². The molecule has 0 amide bonds. The summed E-state index contributed by atoms with van der Waals surface area (Å²) < 4.78 is 10.7. The Hall–Kier alpha value is -1.75. The predicted molar refractivity (Wildman–Crippen MR) is 94.0 cm³/mol. The zero-order valence-electron chi connectivity index (χ0n) is 14.5. The average molecular weight is 319 g/mol. The molecule has 1 atom stereocenters. The summed E-state index contributed by atoms with van der Waals surface area (Å²) >= 11 is 0. The number of nitrogens with zero attached hydrogens (tertiary/aromatic N) is 2. The molecule has 1 saturated heterocycles. The van der Waals surface area contributed by atoms with E-state index in [1.807, 2.05) is 19.2 Å². The first kappa shape index (κ1) is 17.6. The van der Waals surface area contributed by atoms with Crippen LogP contribution in [0.5, 0.6) is 5.75 Å². The summed E-state index contributed by atoms with van der Waals surface area (Å²) in [4.78, 5) is 6.78. The lowest BCUT2D eigenvalue weighted by Crippen LogP contribution is -2.45. The molecule has 1 aliphatic rings. The number of likely N-dealkylation sites (tertiary alicyclic amines) is 1. The number of nitrogens with one attached hydrogen (secondary N) is 1. The standard InChI is InChI=1S/C18H29N3O2/c1-15-6-5-9-21(14-15)18(19-2)20-13-16-7-4-8-17(12-16)23-11-10-22-3/h4,7-8,12,15H,5-6,9-11,13-14H2,1-3H3,(H,19,20). The minimum absolute atomic E-state index is 0.570. The number of rotatable bonds is 6. The molecule has 0 radical (unpaired) electrons. The van der Waals surface area contributed by atoms with Crippen molar-refractivity contribution in [3.63, 3.8) is 0 Å². The minimum atomic E-state index is 0.570. The first-order valence-corrected chi connectivity index (χ1v) is 8.39. The normalized spacial score (nSPS) is 18.8. The summed E-state index contributed by atoms with van der Waals surface area (Å²) in [7, 11) is 3.53. The third kappa shape index (κ3) is 5.75. The van der Waals surface area contributed by atoms with Crippen molar-refractivity contribution in [2.45, 2.75) is 26.3 Å².